The molecule has 3 atom stereocenters. The second-order valence-electron chi connectivity index (χ2n) is 7.44. The highest BCUT2D eigenvalue weighted by Crippen LogP contribution is 2.46. The number of aliphatic hydroxyl groups is 1. The third-order valence-corrected chi connectivity index (χ3v) is 5.31. The molecule has 0 radical (unpaired) electrons. The Hall–Kier alpha value is -1.67. The normalized spacial score (nSPS) is 28.0. The molecular weight excluding hydrogens is 282 g/mol. The van der Waals surface area contributed by atoms with Gasteiger partial charge in [0.25, 0.3) is 0 Å². The van der Waals surface area contributed by atoms with Crippen LogP contribution < -0.4 is 0 Å². The fraction of sp³-hybridized carbons (Fsp3) is 0.476. The van der Waals surface area contributed by atoms with Crippen LogP contribution in [-0.4, -0.2) is 10.1 Å². The highest BCUT2D eigenvalue weighted by atomic mass is 16.3. The molecule has 0 saturated heterocycles. The second kappa shape index (κ2) is 6.45. The molecule has 0 spiro atoms. The summed E-state index contributed by atoms with van der Waals surface area (Å²) >= 11 is 0. The molecule has 2 aromatic rings. The van der Waals surface area contributed by atoms with E-state index in [0.717, 1.165) is 29.8 Å². The second-order valence-corrected chi connectivity index (χ2v) is 7.44. The van der Waals surface area contributed by atoms with E-state index in [2.05, 4.69) is 32.9 Å². The van der Waals surface area contributed by atoms with E-state index < -0.39 is 5.60 Å². The van der Waals surface area contributed by atoms with Gasteiger partial charge in [-0.25, -0.2) is 4.98 Å². The standard InChI is InChI=1S/C21H27NO/c1-15(2)18-13-12-16(3)14-21(18,23)20-11-7-10-19(22-20)17-8-5-4-6-9-17/h4-11,15-16,18,23H,12-14H2,1-3H3/t16-,18+,21+/m0/s1. The summed E-state index contributed by atoms with van der Waals surface area (Å²) in [5, 5.41) is 11.6. The van der Waals surface area contributed by atoms with Gasteiger partial charge < -0.3 is 5.11 Å². The van der Waals surface area contributed by atoms with Crippen molar-refractivity contribution in [2.24, 2.45) is 17.8 Å². The number of aromatic nitrogens is 1. The van der Waals surface area contributed by atoms with Crippen molar-refractivity contribution in [2.75, 3.05) is 0 Å². The van der Waals surface area contributed by atoms with E-state index >= 15 is 0 Å². The number of pyridine rings is 1. The zero-order chi connectivity index (χ0) is 16.4. The Morgan fingerprint density at radius 1 is 1.04 bits per heavy atom. The van der Waals surface area contributed by atoms with E-state index in [1.165, 1.54) is 6.42 Å². The van der Waals surface area contributed by atoms with Crippen LogP contribution in [0.2, 0.25) is 0 Å². The fourth-order valence-electron chi connectivity index (χ4n) is 4.11. The maximum Gasteiger partial charge on any atom is 0.110 e. The third kappa shape index (κ3) is 3.18. The van der Waals surface area contributed by atoms with Gasteiger partial charge in [-0.3, -0.25) is 0 Å². The van der Waals surface area contributed by atoms with Gasteiger partial charge in [0, 0.05) is 5.56 Å². The Balaban J connectivity index is 2.02. The molecule has 1 aliphatic carbocycles. The quantitative estimate of drug-likeness (QED) is 0.862. The first-order valence-corrected chi connectivity index (χ1v) is 8.76. The minimum atomic E-state index is -0.809. The van der Waals surface area contributed by atoms with Gasteiger partial charge in [0.05, 0.1) is 11.4 Å². The highest BCUT2D eigenvalue weighted by Gasteiger charge is 2.45. The van der Waals surface area contributed by atoms with Gasteiger partial charge in [-0.15, -0.1) is 0 Å². The van der Waals surface area contributed by atoms with Crippen LogP contribution in [0.4, 0.5) is 0 Å². The maximum atomic E-state index is 11.6. The first kappa shape index (κ1) is 16.2. The molecule has 23 heavy (non-hydrogen) atoms. The predicted molar refractivity (Wildman–Crippen MR) is 94.9 cm³/mol. The average molecular weight is 309 g/mol. The van der Waals surface area contributed by atoms with Crippen LogP contribution in [0.5, 0.6) is 0 Å². The van der Waals surface area contributed by atoms with Crippen molar-refractivity contribution < 1.29 is 5.11 Å². The zero-order valence-electron chi connectivity index (χ0n) is 14.4. The zero-order valence-corrected chi connectivity index (χ0v) is 14.4. The summed E-state index contributed by atoms with van der Waals surface area (Å²) < 4.78 is 0. The van der Waals surface area contributed by atoms with Gasteiger partial charge in [0.2, 0.25) is 0 Å². The molecule has 0 bridgehead atoms. The van der Waals surface area contributed by atoms with Crippen LogP contribution in [0.15, 0.2) is 48.5 Å². The van der Waals surface area contributed by atoms with Crippen molar-refractivity contribution in [3.63, 3.8) is 0 Å². The summed E-state index contributed by atoms with van der Waals surface area (Å²) in [6.45, 7) is 6.67. The summed E-state index contributed by atoms with van der Waals surface area (Å²) in [7, 11) is 0. The van der Waals surface area contributed by atoms with Crippen LogP contribution >= 0.6 is 0 Å². The molecule has 1 saturated carbocycles. The maximum absolute atomic E-state index is 11.6. The van der Waals surface area contributed by atoms with Gasteiger partial charge in [-0.1, -0.05) is 63.6 Å². The Kier molecular flexibility index (Phi) is 4.54. The summed E-state index contributed by atoms with van der Waals surface area (Å²) in [5.41, 5.74) is 2.07. The van der Waals surface area contributed by atoms with E-state index in [1.54, 1.807) is 0 Å². The lowest BCUT2D eigenvalue weighted by molar-refractivity contribution is -0.0896. The van der Waals surface area contributed by atoms with Crippen molar-refractivity contribution in [3.05, 3.63) is 54.2 Å². The third-order valence-electron chi connectivity index (χ3n) is 5.31. The first-order valence-electron chi connectivity index (χ1n) is 8.76. The van der Waals surface area contributed by atoms with E-state index in [0.29, 0.717) is 11.8 Å². The monoisotopic (exact) mass is 309 g/mol. The van der Waals surface area contributed by atoms with Crippen molar-refractivity contribution in [1.29, 1.82) is 0 Å². The Bertz CT molecular complexity index is 652. The lowest BCUT2D eigenvalue weighted by Crippen LogP contribution is -2.43. The Morgan fingerprint density at radius 2 is 1.78 bits per heavy atom. The topological polar surface area (TPSA) is 33.1 Å². The highest BCUT2D eigenvalue weighted by molar-refractivity contribution is 5.59. The minimum Gasteiger partial charge on any atom is -0.383 e. The Labute approximate surface area is 139 Å². The van der Waals surface area contributed by atoms with E-state index in [4.69, 9.17) is 4.98 Å². The minimum absolute atomic E-state index is 0.275. The SMILES string of the molecule is CC(C)[C@H]1CC[C@H](C)C[C@]1(O)c1cccc(-c2ccccc2)n1. The van der Waals surface area contributed by atoms with Gasteiger partial charge in [0.1, 0.15) is 5.60 Å². The number of benzene rings is 1. The summed E-state index contributed by atoms with van der Waals surface area (Å²) in [6.07, 6.45) is 3.08. The van der Waals surface area contributed by atoms with E-state index in [9.17, 15) is 5.11 Å². The molecule has 0 unspecified atom stereocenters. The number of nitrogens with zero attached hydrogens (tertiary/aromatic N) is 1. The summed E-state index contributed by atoms with van der Waals surface area (Å²) in [6, 6.07) is 16.3. The molecule has 1 aromatic carbocycles. The molecule has 0 amide bonds. The van der Waals surface area contributed by atoms with Gasteiger partial charge in [0.15, 0.2) is 0 Å². The first-order chi connectivity index (χ1) is 11.0. The molecule has 3 rings (SSSR count). The van der Waals surface area contributed by atoms with Crippen LogP contribution in [0.25, 0.3) is 11.3 Å². The smallest absolute Gasteiger partial charge is 0.110 e. The molecule has 1 aliphatic rings. The summed E-state index contributed by atoms with van der Waals surface area (Å²) in [5.74, 6) is 1.27. The molecule has 1 N–H and O–H groups in total. The van der Waals surface area contributed by atoms with Gasteiger partial charge in [-0.05, 0) is 42.7 Å². The Morgan fingerprint density at radius 3 is 2.48 bits per heavy atom. The molecule has 1 fully saturated rings. The van der Waals surface area contributed by atoms with Crippen LogP contribution in [0, 0.1) is 17.8 Å². The van der Waals surface area contributed by atoms with Crippen LogP contribution in [0.1, 0.15) is 45.7 Å². The van der Waals surface area contributed by atoms with E-state index in [-0.39, 0.29) is 5.92 Å². The van der Waals surface area contributed by atoms with Crippen molar-refractivity contribution in [3.8, 4) is 11.3 Å². The number of hydrogen-bond acceptors (Lipinski definition) is 2. The van der Waals surface area contributed by atoms with Gasteiger partial charge >= 0.3 is 0 Å². The number of rotatable bonds is 3. The fourth-order valence-corrected chi connectivity index (χ4v) is 4.11. The van der Waals surface area contributed by atoms with Crippen molar-refractivity contribution in [1.82, 2.24) is 4.98 Å². The molecule has 1 heterocycles. The van der Waals surface area contributed by atoms with Gasteiger partial charge in [-0.2, -0.15) is 0 Å². The summed E-state index contributed by atoms with van der Waals surface area (Å²) in [4.78, 5) is 4.86. The average Bonchev–Trinajstić information content (AvgIpc) is 2.55. The van der Waals surface area contributed by atoms with Crippen molar-refractivity contribution >= 4 is 0 Å². The van der Waals surface area contributed by atoms with E-state index in [1.807, 2.05) is 36.4 Å². The molecule has 2 nitrogen and oxygen atoms in total. The van der Waals surface area contributed by atoms with Crippen LogP contribution in [-0.2, 0) is 5.60 Å². The lowest BCUT2D eigenvalue weighted by atomic mass is 9.65. The molecular formula is C21H27NO. The molecule has 1 aromatic heterocycles. The number of hydrogen-bond donors (Lipinski definition) is 1. The molecule has 122 valence electrons. The predicted octanol–water partition coefficient (Wildman–Crippen LogP) is 5.03. The van der Waals surface area contributed by atoms with Crippen LogP contribution in [0.3, 0.4) is 0 Å². The molecule has 2 heteroatoms. The molecule has 0 aliphatic heterocycles. The lowest BCUT2D eigenvalue weighted by Gasteiger charge is -2.44. The largest absolute Gasteiger partial charge is 0.383 e. The van der Waals surface area contributed by atoms with Crippen molar-refractivity contribution in [2.45, 2.75) is 45.6 Å².